The van der Waals surface area contributed by atoms with Gasteiger partial charge in [0, 0.05) is 25.2 Å². The summed E-state index contributed by atoms with van der Waals surface area (Å²) in [5.41, 5.74) is 1.09. The molecule has 20 heavy (non-hydrogen) atoms. The van der Waals surface area contributed by atoms with Gasteiger partial charge in [0.25, 0.3) is 0 Å². The summed E-state index contributed by atoms with van der Waals surface area (Å²) in [5.74, 6) is -0.202. The first-order valence-electron chi connectivity index (χ1n) is 6.85. The van der Waals surface area contributed by atoms with Crippen molar-refractivity contribution in [1.82, 2.24) is 4.90 Å². The fourth-order valence-electron chi connectivity index (χ4n) is 2.68. The van der Waals surface area contributed by atoms with E-state index in [2.05, 4.69) is 23.9 Å². The molecule has 1 atom stereocenters. The number of aromatic carboxylic acids is 1. The van der Waals surface area contributed by atoms with Crippen LogP contribution in [0.4, 0.5) is 5.69 Å². The summed E-state index contributed by atoms with van der Waals surface area (Å²) in [6.45, 7) is 1.73. The summed E-state index contributed by atoms with van der Waals surface area (Å²) in [6.07, 6.45) is 2.22. The number of hydrogen-bond acceptors (Lipinski definition) is 4. The maximum atomic E-state index is 11.4. The van der Waals surface area contributed by atoms with Crippen LogP contribution in [0.1, 0.15) is 23.2 Å². The third kappa shape index (κ3) is 3.04. The smallest absolute Gasteiger partial charge is 0.337 e. The number of piperidine rings is 1. The van der Waals surface area contributed by atoms with Crippen molar-refractivity contribution >= 4 is 11.7 Å². The van der Waals surface area contributed by atoms with E-state index in [0.29, 0.717) is 17.4 Å². The van der Waals surface area contributed by atoms with Crippen LogP contribution in [-0.4, -0.2) is 56.3 Å². The molecule has 0 aromatic heterocycles. The van der Waals surface area contributed by atoms with Gasteiger partial charge in [0.2, 0.25) is 0 Å². The lowest BCUT2D eigenvalue weighted by Gasteiger charge is -2.38. The van der Waals surface area contributed by atoms with Crippen molar-refractivity contribution in [2.75, 3.05) is 39.2 Å². The average Bonchev–Trinajstić information content (AvgIpc) is 2.46. The molecule has 0 amide bonds. The second-order valence-electron chi connectivity index (χ2n) is 5.39. The Morgan fingerprint density at radius 1 is 1.45 bits per heavy atom. The predicted octanol–water partition coefficient (Wildman–Crippen LogP) is 1.92. The number of carbonyl (C=O) groups is 1. The van der Waals surface area contributed by atoms with Crippen molar-refractivity contribution in [2.24, 2.45) is 0 Å². The van der Waals surface area contributed by atoms with Crippen molar-refractivity contribution in [3.8, 4) is 5.75 Å². The zero-order chi connectivity index (χ0) is 14.7. The van der Waals surface area contributed by atoms with Crippen LogP contribution in [0, 0.1) is 0 Å². The first kappa shape index (κ1) is 14.7. The molecule has 5 nitrogen and oxygen atoms in total. The normalized spacial score (nSPS) is 19.2. The van der Waals surface area contributed by atoms with Gasteiger partial charge < -0.3 is 19.6 Å². The Morgan fingerprint density at radius 3 is 2.80 bits per heavy atom. The van der Waals surface area contributed by atoms with E-state index in [1.807, 2.05) is 6.07 Å². The predicted molar refractivity (Wildman–Crippen MR) is 78.9 cm³/mol. The highest BCUT2D eigenvalue weighted by Gasteiger charge is 2.25. The summed E-state index contributed by atoms with van der Waals surface area (Å²) >= 11 is 0. The van der Waals surface area contributed by atoms with Crippen molar-refractivity contribution in [3.05, 3.63) is 23.8 Å². The number of likely N-dealkylation sites (N-methyl/N-ethyl adjacent to an activating group) is 1. The van der Waals surface area contributed by atoms with Gasteiger partial charge in [-0.05, 0) is 39.1 Å². The van der Waals surface area contributed by atoms with Crippen LogP contribution in [0.15, 0.2) is 18.2 Å². The second kappa shape index (κ2) is 6.13. The molecule has 0 radical (unpaired) electrons. The quantitative estimate of drug-likeness (QED) is 0.912. The summed E-state index contributed by atoms with van der Waals surface area (Å²) < 4.78 is 5.22. The van der Waals surface area contributed by atoms with Gasteiger partial charge in [-0.15, -0.1) is 0 Å². The molecule has 2 rings (SSSR count). The van der Waals surface area contributed by atoms with Crippen molar-refractivity contribution in [1.29, 1.82) is 0 Å². The number of hydrogen-bond donors (Lipinski definition) is 1. The number of carboxylic acids is 1. The van der Waals surface area contributed by atoms with E-state index >= 15 is 0 Å². The molecule has 1 saturated heterocycles. The number of nitrogens with zero attached hydrogens (tertiary/aromatic N) is 2. The third-order valence-corrected chi connectivity index (χ3v) is 3.90. The summed E-state index contributed by atoms with van der Waals surface area (Å²) in [7, 11) is 5.73. The van der Waals surface area contributed by atoms with E-state index in [4.69, 9.17) is 4.74 Å². The maximum Gasteiger partial charge on any atom is 0.337 e. The van der Waals surface area contributed by atoms with Crippen molar-refractivity contribution in [2.45, 2.75) is 18.9 Å². The highest BCUT2D eigenvalue weighted by atomic mass is 16.5. The van der Waals surface area contributed by atoms with Gasteiger partial charge in [-0.1, -0.05) is 0 Å². The highest BCUT2D eigenvalue weighted by Crippen LogP contribution is 2.29. The lowest BCUT2D eigenvalue weighted by molar-refractivity contribution is 0.0697. The van der Waals surface area contributed by atoms with Gasteiger partial charge in [0.1, 0.15) is 5.75 Å². The average molecular weight is 278 g/mol. The molecular weight excluding hydrogens is 256 g/mol. The minimum atomic E-state index is -0.894. The molecule has 1 heterocycles. The van der Waals surface area contributed by atoms with Gasteiger partial charge >= 0.3 is 5.97 Å². The van der Waals surface area contributed by atoms with E-state index in [1.54, 1.807) is 19.2 Å². The molecule has 1 fully saturated rings. The third-order valence-electron chi connectivity index (χ3n) is 3.90. The Morgan fingerprint density at radius 2 is 2.20 bits per heavy atom. The standard InChI is InChI=1S/C15H22N2O3/c1-16(2)11-5-4-8-17(10-11)14-9-12(20-3)6-7-13(14)15(18)19/h6-7,9,11H,4-5,8,10H2,1-3H3,(H,18,19). The minimum Gasteiger partial charge on any atom is -0.497 e. The SMILES string of the molecule is COc1ccc(C(=O)O)c(N2CCCC(N(C)C)C2)c1. The molecular formula is C15H22N2O3. The summed E-state index contributed by atoms with van der Waals surface area (Å²) in [6, 6.07) is 5.59. The maximum absolute atomic E-state index is 11.4. The molecule has 1 aliphatic heterocycles. The Hall–Kier alpha value is -1.75. The fraction of sp³-hybridized carbons (Fsp3) is 0.533. The number of carboxylic acid groups (broad SMARTS) is 1. The van der Waals surface area contributed by atoms with Gasteiger partial charge in [-0.3, -0.25) is 0 Å². The molecule has 110 valence electrons. The van der Waals surface area contributed by atoms with Crippen LogP contribution in [0.3, 0.4) is 0 Å². The van der Waals surface area contributed by atoms with Crippen molar-refractivity contribution < 1.29 is 14.6 Å². The van der Waals surface area contributed by atoms with E-state index in [0.717, 1.165) is 31.6 Å². The lowest BCUT2D eigenvalue weighted by Crippen LogP contribution is -2.45. The Kier molecular flexibility index (Phi) is 4.49. The number of rotatable bonds is 4. The summed E-state index contributed by atoms with van der Waals surface area (Å²) in [4.78, 5) is 15.8. The number of ether oxygens (including phenoxy) is 1. The Bertz CT molecular complexity index is 488. The molecule has 1 aromatic carbocycles. The lowest BCUT2D eigenvalue weighted by atomic mass is 10.0. The zero-order valence-corrected chi connectivity index (χ0v) is 12.3. The van der Waals surface area contributed by atoms with E-state index in [1.165, 1.54) is 0 Å². The van der Waals surface area contributed by atoms with Crippen molar-refractivity contribution in [3.63, 3.8) is 0 Å². The molecule has 1 aromatic rings. The molecule has 0 bridgehead atoms. The molecule has 1 unspecified atom stereocenters. The molecule has 0 saturated carbocycles. The van der Waals surface area contributed by atoms with Gasteiger partial charge in [-0.25, -0.2) is 4.79 Å². The molecule has 1 N–H and O–H groups in total. The molecule has 0 spiro atoms. The number of methoxy groups -OCH3 is 1. The van der Waals surface area contributed by atoms with E-state index < -0.39 is 5.97 Å². The fourth-order valence-corrected chi connectivity index (χ4v) is 2.68. The topological polar surface area (TPSA) is 53.0 Å². The molecule has 5 heteroatoms. The Labute approximate surface area is 119 Å². The van der Waals surface area contributed by atoms with Gasteiger partial charge in [-0.2, -0.15) is 0 Å². The highest BCUT2D eigenvalue weighted by molar-refractivity contribution is 5.95. The van der Waals surface area contributed by atoms with Crippen LogP contribution in [0.5, 0.6) is 5.75 Å². The Balaban J connectivity index is 2.32. The van der Waals surface area contributed by atoms with Gasteiger partial charge in [0.05, 0.1) is 18.4 Å². The monoisotopic (exact) mass is 278 g/mol. The van der Waals surface area contributed by atoms with Crippen LogP contribution >= 0.6 is 0 Å². The van der Waals surface area contributed by atoms with Crippen LogP contribution in [0.25, 0.3) is 0 Å². The first-order chi connectivity index (χ1) is 9.52. The minimum absolute atomic E-state index is 0.338. The van der Waals surface area contributed by atoms with E-state index in [9.17, 15) is 9.90 Å². The zero-order valence-electron chi connectivity index (χ0n) is 12.3. The summed E-state index contributed by atoms with van der Waals surface area (Å²) in [5, 5.41) is 9.36. The largest absolute Gasteiger partial charge is 0.497 e. The molecule has 0 aliphatic carbocycles. The second-order valence-corrected chi connectivity index (χ2v) is 5.39. The number of anilines is 1. The van der Waals surface area contributed by atoms with Crippen LogP contribution in [0.2, 0.25) is 0 Å². The molecule has 1 aliphatic rings. The first-order valence-corrected chi connectivity index (χ1v) is 6.85. The van der Waals surface area contributed by atoms with Gasteiger partial charge in [0.15, 0.2) is 0 Å². The number of benzene rings is 1. The van der Waals surface area contributed by atoms with E-state index in [-0.39, 0.29) is 0 Å². The van der Waals surface area contributed by atoms with Crippen LogP contribution in [-0.2, 0) is 0 Å². The van der Waals surface area contributed by atoms with Crippen LogP contribution < -0.4 is 9.64 Å².